The lowest BCUT2D eigenvalue weighted by atomic mass is 9.74. The summed E-state index contributed by atoms with van der Waals surface area (Å²) in [6.45, 7) is 1.79. The summed E-state index contributed by atoms with van der Waals surface area (Å²) >= 11 is 0. The lowest BCUT2D eigenvalue weighted by Gasteiger charge is -2.38. The molecule has 0 radical (unpaired) electrons. The summed E-state index contributed by atoms with van der Waals surface area (Å²) < 4.78 is 5.46. The van der Waals surface area contributed by atoms with Gasteiger partial charge in [-0.05, 0) is 31.2 Å². The number of hydrogen-bond donors (Lipinski definition) is 2. The molecule has 1 heterocycles. The molecule has 2 N–H and O–H groups in total. The fraction of sp³-hybridized carbons (Fsp3) is 0.529. The van der Waals surface area contributed by atoms with Crippen molar-refractivity contribution in [3.05, 3.63) is 35.9 Å². The van der Waals surface area contributed by atoms with Crippen LogP contribution in [0, 0.1) is 5.41 Å². The van der Waals surface area contributed by atoms with E-state index in [-0.39, 0.29) is 11.3 Å². The van der Waals surface area contributed by atoms with Crippen molar-refractivity contribution in [2.75, 3.05) is 19.8 Å². The van der Waals surface area contributed by atoms with Crippen LogP contribution in [0.4, 0.5) is 0 Å². The summed E-state index contributed by atoms with van der Waals surface area (Å²) in [7, 11) is 0. The Labute approximate surface area is 129 Å². The van der Waals surface area contributed by atoms with Gasteiger partial charge in [-0.2, -0.15) is 0 Å². The average molecular weight is 303 g/mol. The first-order chi connectivity index (χ1) is 10.6. The van der Waals surface area contributed by atoms with Gasteiger partial charge in [-0.25, -0.2) is 0 Å². The lowest BCUT2D eigenvalue weighted by Crippen LogP contribution is -2.47. The normalized spacial score (nSPS) is 21.8. The smallest absolute Gasteiger partial charge is 0.319 e. The van der Waals surface area contributed by atoms with Crippen molar-refractivity contribution in [1.29, 1.82) is 0 Å². The van der Waals surface area contributed by atoms with E-state index < -0.39 is 11.4 Å². The Hall–Kier alpha value is -1.88. The number of ether oxygens (including phenoxy) is 1. The minimum absolute atomic E-state index is 0.163. The van der Waals surface area contributed by atoms with E-state index in [0.717, 1.165) is 12.8 Å². The minimum atomic E-state index is -1.18. The molecule has 0 bridgehead atoms. The fourth-order valence-corrected chi connectivity index (χ4v) is 3.20. The first-order valence-corrected chi connectivity index (χ1v) is 7.74. The van der Waals surface area contributed by atoms with Crippen LogP contribution in [0.3, 0.4) is 0 Å². The van der Waals surface area contributed by atoms with E-state index in [1.54, 1.807) is 0 Å². The molecule has 2 aliphatic rings. The Morgan fingerprint density at radius 1 is 1.09 bits per heavy atom. The summed E-state index contributed by atoms with van der Waals surface area (Å²) in [4.78, 5) is 23.5. The third kappa shape index (κ3) is 2.61. The van der Waals surface area contributed by atoms with E-state index in [1.807, 2.05) is 18.2 Å². The van der Waals surface area contributed by atoms with Gasteiger partial charge in [0.25, 0.3) is 0 Å². The second kappa shape index (κ2) is 5.72. The van der Waals surface area contributed by atoms with Gasteiger partial charge in [0.2, 0.25) is 5.91 Å². The number of carboxylic acid groups (broad SMARTS) is 1. The van der Waals surface area contributed by atoms with Crippen molar-refractivity contribution in [2.45, 2.75) is 31.1 Å². The third-order valence-electron chi connectivity index (χ3n) is 5.02. The van der Waals surface area contributed by atoms with Crippen LogP contribution in [-0.4, -0.2) is 36.7 Å². The quantitative estimate of drug-likeness (QED) is 0.812. The van der Waals surface area contributed by atoms with Gasteiger partial charge in [0.15, 0.2) is 0 Å². The van der Waals surface area contributed by atoms with Crippen LogP contribution in [0.5, 0.6) is 0 Å². The number of hydrogen-bond acceptors (Lipinski definition) is 3. The molecular formula is C17H21NO4. The minimum Gasteiger partial charge on any atom is -0.480 e. The highest BCUT2D eigenvalue weighted by molar-refractivity contribution is 6.04. The zero-order valence-electron chi connectivity index (χ0n) is 12.5. The van der Waals surface area contributed by atoms with Gasteiger partial charge in [-0.3, -0.25) is 9.59 Å². The Morgan fingerprint density at radius 3 is 2.27 bits per heavy atom. The number of benzene rings is 1. The fourth-order valence-electron chi connectivity index (χ4n) is 3.20. The van der Waals surface area contributed by atoms with Gasteiger partial charge in [0, 0.05) is 25.2 Å². The number of carbonyl (C=O) groups excluding carboxylic acids is 1. The zero-order chi connectivity index (χ0) is 15.6. The highest BCUT2D eigenvalue weighted by Crippen LogP contribution is 2.46. The van der Waals surface area contributed by atoms with Gasteiger partial charge >= 0.3 is 5.97 Å². The van der Waals surface area contributed by atoms with Crippen molar-refractivity contribution >= 4 is 11.9 Å². The lowest BCUT2D eigenvalue weighted by molar-refractivity contribution is -0.149. The van der Waals surface area contributed by atoms with Crippen molar-refractivity contribution in [2.24, 2.45) is 5.41 Å². The highest BCUT2D eigenvalue weighted by atomic mass is 16.5. The molecule has 3 rings (SSSR count). The molecule has 0 aromatic heterocycles. The second-order valence-corrected chi connectivity index (χ2v) is 6.33. The van der Waals surface area contributed by atoms with Crippen molar-refractivity contribution in [3.63, 3.8) is 0 Å². The van der Waals surface area contributed by atoms with E-state index in [0.29, 0.717) is 32.6 Å². The summed E-state index contributed by atoms with van der Waals surface area (Å²) in [5, 5.41) is 12.1. The molecule has 0 spiro atoms. The molecule has 1 saturated heterocycles. The van der Waals surface area contributed by atoms with Crippen molar-refractivity contribution in [1.82, 2.24) is 5.32 Å². The predicted octanol–water partition coefficient (Wildman–Crippen LogP) is 1.72. The monoisotopic (exact) mass is 303 g/mol. The maximum Gasteiger partial charge on any atom is 0.319 e. The van der Waals surface area contributed by atoms with Gasteiger partial charge in [0.1, 0.15) is 5.41 Å². The van der Waals surface area contributed by atoms with Gasteiger partial charge in [-0.1, -0.05) is 30.3 Å². The summed E-state index contributed by atoms with van der Waals surface area (Å²) in [5.74, 6) is -1.35. The molecule has 1 aromatic rings. The molecule has 118 valence electrons. The number of nitrogens with one attached hydrogen (secondary N) is 1. The standard InChI is InChI=1S/C17H21NO4/c19-14(17(6-7-17)15(20)21)18-12-16(8-10-22-11-9-16)13-4-2-1-3-5-13/h1-5H,6-12H2,(H,18,19)(H,20,21). The van der Waals surface area contributed by atoms with Crippen molar-refractivity contribution < 1.29 is 19.4 Å². The second-order valence-electron chi connectivity index (χ2n) is 6.33. The predicted molar refractivity (Wildman–Crippen MR) is 80.5 cm³/mol. The Kier molecular flexibility index (Phi) is 3.91. The average Bonchev–Trinajstić information content (AvgIpc) is 3.36. The molecule has 22 heavy (non-hydrogen) atoms. The van der Waals surface area contributed by atoms with Crippen LogP contribution in [0.25, 0.3) is 0 Å². The molecule has 1 amide bonds. The van der Waals surface area contributed by atoms with E-state index in [4.69, 9.17) is 4.74 Å². The number of rotatable bonds is 5. The zero-order valence-corrected chi connectivity index (χ0v) is 12.5. The largest absolute Gasteiger partial charge is 0.480 e. The number of carboxylic acids is 1. The topological polar surface area (TPSA) is 75.6 Å². The molecular weight excluding hydrogens is 282 g/mol. The van der Waals surface area contributed by atoms with Crippen LogP contribution in [-0.2, 0) is 19.7 Å². The highest BCUT2D eigenvalue weighted by Gasteiger charge is 2.57. The van der Waals surface area contributed by atoms with Gasteiger partial charge in [-0.15, -0.1) is 0 Å². The first-order valence-electron chi connectivity index (χ1n) is 7.74. The maximum absolute atomic E-state index is 12.3. The first kappa shape index (κ1) is 15.0. The van der Waals surface area contributed by atoms with Crippen LogP contribution in [0.15, 0.2) is 30.3 Å². The van der Waals surface area contributed by atoms with Gasteiger partial charge < -0.3 is 15.2 Å². The molecule has 1 aliphatic heterocycles. The van der Waals surface area contributed by atoms with E-state index in [9.17, 15) is 14.7 Å². The van der Waals surface area contributed by atoms with Crippen molar-refractivity contribution in [3.8, 4) is 0 Å². The number of carbonyl (C=O) groups is 2. The van der Waals surface area contributed by atoms with Crippen LogP contribution < -0.4 is 5.32 Å². The number of amides is 1. The van der Waals surface area contributed by atoms with E-state index in [1.165, 1.54) is 5.56 Å². The van der Waals surface area contributed by atoms with E-state index in [2.05, 4.69) is 17.4 Å². The van der Waals surface area contributed by atoms with E-state index >= 15 is 0 Å². The SMILES string of the molecule is O=C(O)C1(C(=O)NCC2(c3ccccc3)CCOCC2)CC1. The summed E-state index contributed by atoms with van der Waals surface area (Å²) in [6.07, 6.45) is 2.54. The Morgan fingerprint density at radius 2 is 1.73 bits per heavy atom. The Bertz CT molecular complexity index is 559. The van der Waals surface area contributed by atoms with Crippen LogP contribution in [0.2, 0.25) is 0 Å². The van der Waals surface area contributed by atoms with Crippen LogP contribution in [0.1, 0.15) is 31.2 Å². The third-order valence-corrected chi connectivity index (χ3v) is 5.02. The molecule has 0 unspecified atom stereocenters. The molecule has 1 aromatic carbocycles. The molecule has 0 atom stereocenters. The molecule has 1 aliphatic carbocycles. The molecule has 5 heteroatoms. The summed E-state index contributed by atoms with van der Waals surface area (Å²) in [5.41, 5.74) is -0.161. The maximum atomic E-state index is 12.3. The van der Waals surface area contributed by atoms with Gasteiger partial charge in [0.05, 0.1) is 0 Å². The summed E-state index contributed by atoms with van der Waals surface area (Å²) in [6, 6.07) is 10.1. The molecule has 5 nitrogen and oxygen atoms in total. The Balaban J connectivity index is 1.74. The molecule has 2 fully saturated rings. The molecule has 1 saturated carbocycles. The number of aliphatic carboxylic acids is 1. The van der Waals surface area contributed by atoms with Crippen LogP contribution >= 0.6 is 0 Å².